The molecule has 4 heteroatoms. The van der Waals surface area contributed by atoms with Crippen molar-refractivity contribution in [3.63, 3.8) is 0 Å². The van der Waals surface area contributed by atoms with Crippen molar-refractivity contribution in [2.45, 2.75) is 0 Å². The van der Waals surface area contributed by atoms with Crippen molar-refractivity contribution >= 4 is 39.3 Å². The standard InChI is InChI=1S/C10H7ClO2S/c1-13-7-3-2-4-8-9(7)6(5-12)10(11)14-8/h2-5H,1H3. The van der Waals surface area contributed by atoms with E-state index in [-0.39, 0.29) is 0 Å². The average Bonchev–Trinajstić information content (AvgIpc) is 2.52. The Morgan fingerprint density at radius 2 is 2.29 bits per heavy atom. The van der Waals surface area contributed by atoms with Gasteiger partial charge in [-0.2, -0.15) is 0 Å². The molecule has 1 aromatic heterocycles. The minimum absolute atomic E-state index is 0.513. The van der Waals surface area contributed by atoms with Crippen molar-refractivity contribution in [3.05, 3.63) is 28.1 Å². The molecule has 0 spiro atoms. The third-order valence-corrected chi connectivity index (χ3v) is 3.40. The van der Waals surface area contributed by atoms with E-state index in [0.29, 0.717) is 15.6 Å². The Morgan fingerprint density at radius 3 is 2.93 bits per heavy atom. The quantitative estimate of drug-likeness (QED) is 0.734. The van der Waals surface area contributed by atoms with Crippen molar-refractivity contribution in [2.24, 2.45) is 0 Å². The SMILES string of the molecule is COc1cccc2sc(Cl)c(C=O)c12. The molecule has 0 atom stereocenters. The smallest absolute Gasteiger partial charge is 0.153 e. The van der Waals surface area contributed by atoms with Crippen LogP contribution in [0.1, 0.15) is 10.4 Å². The molecule has 0 saturated heterocycles. The van der Waals surface area contributed by atoms with E-state index in [9.17, 15) is 4.79 Å². The van der Waals surface area contributed by atoms with Crippen LogP contribution in [0.4, 0.5) is 0 Å². The number of rotatable bonds is 2. The zero-order chi connectivity index (χ0) is 10.1. The average molecular weight is 227 g/mol. The molecule has 0 saturated carbocycles. The lowest BCUT2D eigenvalue weighted by Gasteiger charge is -2.01. The molecule has 0 unspecified atom stereocenters. The molecule has 1 aromatic carbocycles. The van der Waals surface area contributed by atoms with Crippen LogP contribution in [0.15, 0.2) is 18.2 Å². The molecule has 14 heavy (non-hydrogen) atoms. The van der Waals surface area contributed by atoms with Gasteiger partial charge in [0.05, 0.1) is 12.7 Å². The highest BCUT2D eigenvalue weighted by molar-refractivity contribution is 7.23. The molecular weight excluding hydrogens is 220 g/mol. The van der Waals surface area contributed by atoms with E-state index in [1.165, 1.54) is 11.3 Å². The van der Waals surface area contributed by atoms with Crippen LogP contribution in [0.3, 0.4) is 0 Å². The maximum Gasteiger partial charge on any atom is 0.153 e. The van der Waals surface area contributed by atoms with Gasteiger partial charge in [0.15, 0.2) is 6.29 Å². The number of aldehydes is 1. The number of benzene rings is 1. The summed E-state index contributed by atoms with van der Waals surface area (Å²) in [7, 11) is 1.58. The van der Waals surface area contributed by atoms with E-state index in [1.807, 2.05) is 18.2 Å². The molecule has 0 aliphatic heterocycles. The summed E-state index contributed by atoms with van der Waals surface area (Å²) < 4.78 is 6.65. The minimum atomic E-state index is 0.513. The van der Waals surface area contributed by atoms with Gasteiger partial charge in [0.25, 0.3) is 0 Å². The van der Waals surface area contributed by atoms with E-state index in [2.05, 4.69) is 0 Å². The molecule has 0 N–H and O–H groups in total. The molecule has 0 radical (unpaired) electrons. The third-order valence-electron chi connectivity index (χ3n) is 2.01. The molecule has 2 aromatic rings. The second-order valence-electron chi connectivity index (χ2n) is 2.74. The van der Waals surface area contributed by atoms with Crippen LogP contribution in [-0.2, 0) is 0 Å². The molecule has 2 nitrogen and oxygen atoms in total. The van der Waals surface area contributed by atoms with Gasteiger partial charge in [-0.15, -0.1) is 11.3 Å². The first-order valence-electron chi connectivity index (χ1n) is 3.98. The Labute approximate surface area is 90.1 Å². The number of halogens is 1. The van der Waals surface area contributed by atoms with Gasteiger partial charge in [-0.25, -0.2) is 0 Å². The molecule has 72 valence electrons. The summed E-state index contributed by atoms with van der Waals surface area (Å²) in [6.07, 6.45) is 0.768. The number of hydrogen-bond donors (Lipinski definition) is 0. The Balaban J connectivity index is 2.89. The first-order chi connectivity index (χ1) is 6.77. The normalized spacial score (nSPS) is 10.4. The van der Waals surface area contributed by atoms with Crippen molar-refractivity contribution in [1.29, 1.82) is 0 Å². The van der Waals surface area contributed by atoms with E-state index >= 15 is 0 Å². The van der Waals surface area contributed by atoms with Gasteiger partial charge < -0.3 is 4.74 Å². The highest BCUT2D eigenvalue weighted by Crippen LogP contribution is 2.38. The molecular formula is C10H7ClO2S. The largest absolute Gasteiger partial charge is 0.496 e. The third kappa shape index (κ3) is 1.29. The number of fused-ring (bicyclic) bond motifs is 1. The summed E-state index contributed by atoms with van der Waals surface area (Å²) in [6.45, 7) is 0. The number of carbonyl (C=O) groups excluding carboxylic acids is 1. The highest BCUT2D eigenvalue weighted by Gasteiger charge is 2.13. The van der Waals surface area contributed by atoms with Crippen molar-refractivity contribution in [3.8, 4) is 5.75 Å². The van der Waals surface area contributed by atoms with Gasteiger partial charge in [0.1, 0.15) is 10.1 Å². The van der Waals surface area contributed by atoms with E-state index < -0.39 is 0 Å². The van der Waals surface area contributed by atoms with Crippen LogP contribution in [-0.4, -0.2) is 13.4 Å². The topological polar surface area (TPSA) is 26.3 Å². The minimum Gasteiger partial charge on any atom is -0.496 e. The summed E-state index contributed by atoms with van der Waals surface area (Å²) in [4.78, 5) is 10.8. The summed E-state index contributed by atoms with van der Waals surface area (Å²) in [5.41, 5.74) is 0.518. The molecule has 0 amide bonds. The van der Waals surface area contributed by atoms with Crippen LogP contribution in [0.5, 0.6) is 5.75 Å². The van der Waals surface area contributed by atoms with Crippen LogP contribution in [0, 0.1) is 0 Å². The van der Waals surface area contributed by atoms with Gasteiger partial charge >= 0.3 is 0 Å². The number of carbonyl (C=O) groups is 1. The second-order valence-corrected chi connectivity index (χ2v) is 4.39. The Hall–Kier alpha value is -1.06. The van der Waals surface area contributed by atoms with Gasteiger partial charge in [0, 0.05) is 10.1 Å². The maximum atomic E-state index is 10.8. The zero-order valence-electron chi connectivity index (χ0n) is 7.41. The number of ether oxygens (including phenoxy) is 1. The van der Waals surface area contributed by atoms with Crippen molar-refractivity contribution in [2.75, 3.05) is 7.11 Å². The van der Waals surface area contributed by atoms with Gasteiger partial charge in [-0.1, -0.05) is 17.7 Å². The fourth-order valence-electron chi connectivity index (χ4n) is 1.39. The lowest BCUT2D eigenvalue weighted by Crippen LogP contribution is -1.85. The predicted molar refractivity (Wildman–Crippen MR) is 58.8 cm³/mol. The Morgan fingerprint density at radius 1 is 1.50 bits per heavy atom. The van der Waals surface area contributed by atoms with Crippen LogP contribution in [0.25, 0.3) is 10.1 Å². The fourth-order valence-corrected chi connectivity index (χ4v) is 2.69. The Bertz CT molecular complexity index is 490. The van der Waals surface area contributed by atoms with Gasteiger partial charge in [-0.3, -0.25) is 4.79 Å². The van der Waals surface area contributed by atoms with Gasteiger partial charge in [0.2, 0.25) is 0 Å². The second kappa shape index (κ2) is 3.59. The van der Waals surface area contributed by atoms with Crippen molar-refractivity contribution in [1.82, 2.24) is 0 Å². The number of thiophene rings is 1. The molecule has 0 aliphatic rings. The summed E-state index contributed by atoms with van der Waals surface area (Å²) in [5, 5.41) is 0.806. The summed E-state index contributed by atoms with van der Waals surface area (Å²) >= 11 is 7.32. The Kier molecular flexibility index (Phi) is 2.44. The molecule has 0 fully saturated rings. The van der Waals surface area contributed by atoms with Gasteiger partial charge in [-0.05, 0) is 12.1 Å². The first kappa shape index (κ1) is 9.49. The van der Waals surface area contributed by atoms with E-state index in [1.54, 1.807) is 7.11 Å². The summed E-state index contributed by atoms with van der Waals surface area (Å²) in [6, 6.07) is 5.61. The molecule has 0 aliphatic carbocycles. The fraction of sp³-hybridized carbons (Fsp3) is 0.100. The molecule has 0 bridgehead atoms. The van der Waals surface area contributed by atoms with E-state index in [0.717, 1.165) is 16.4 Å². The first-order valence-corrected chi connectivity index (χ1v) is 5.17. The monoisotopic (exact) mass is 226 g/mol. The van der Waals surface area contributed by atoms with Crippen molar-refractivity contribution < 1.29 is 9.53 Å². The molecule has 2 rings (SSSR count). The highest BCUT2D eigenvalue weighted by atomic mass is 35.5. The number of hydrogen-bond acceptors (Lipinski definition) is 3. The van der Waals surface area contributed by atoms with E-state index in [4.69, 9.17) is 16.3 Å². The summed E-state index contributed by atoms with van der Waals surface area (Å²) in [5.74, 6) is 0.688. The maximum absolute atomic E-state index is 10.8. The molecule has 1 heterocycles. The van der Waals surface area contributed by atoms with Crippen LogP contribution >= 0.6 is 22.9 Å². The zero-order valence-corrected chi connectivity index (χ0v) is 8.98. The lowest BCUT2D eigenvalue weighted by molar-refractivity contribution is 0.112. The lowest BCUT2D eigenvalue weighted by atomic mass is 10.2. The van der Waals surface area contributed by atoms with Crippen LogP contribution in [0.2, 0.25) is 4.34 Å². The van der Waals surface area contributed by atoms with Crippen LogP contribution < -0.4 is 4.74 Å². The predicted octanol–water partition coefficient (Wildman–Crippen LogP) is 3.38. The number of methoxy groups -OCH3 is 1.